The van der Waals surface area contributed by atoms with Gasteiger partial charge in [0.05, 0.1) is 16.3 Å². The Labute approximate surface area is 124 Å². The third-order valence-corrected chi connectivity index (χ3v) is 4.90. The fourth-order valence-electron chi connectivity index (χ4n) is 2.66. The van der Waals surface area contributed by atoms with Crippen molar-refractivity contribution in [1.29, 1.82) is 0 Å². The van der Waals surface area contributed by atoms with Crippen LogP contribution in [0.5, 0.6) is 5.75 Å². The molecule has 0 bridgehead atoms. The fraction of sp³-hybridized carbons (Fsp3) is 0.562. The number of nitrogens with one attached hydrogen (secondary N) is 1. The minimum atomic E-state index is 0.681. The van der Waals surface area contributed by atoms with Crippen molar-refractivity contribution in [1.82, 2.24) is 10.3 Å². The lowest BCUT2D eigenvalue weighted by atomic mass is 9.99. The van der Waals surface area contributed by atoms with Gasteiger partial charge in [-0.05, 0) is 56.8 Å². The number of nitrogens with zero attached hydrogens (tertiary/aromatic N) is 1. The highest BCUT2D eigenvalue weighted by Gasteiger charge is 2.15. The van der Waals surface area contributed by atoms with E-state index in [9.17, 15) is 0 Å². The molecular weight excluding hydrogens is 268 g/mol. The van der Waals surface area contributed by atoms with Gasteiger partial charge in [-0.3, -0.25) is 0 Å². The van der Waals surface area contributed by atoms with Gasteiger partial charge in [0, 0.05) is 0 Å². The highest BCUT2D eigenvalue weighted by molar-refractivity contribution is 7.18. The van der Waals surface area contributed by atoms with Gasteiger partial charge in [-0.15, -0.1) is 11.3 Å². The molecular formula is C16H22N2OS. The third-order valence-electron chi connectivity index (χ3n) is 3.82. The Balaban J connectivity index is 1.73. The number of para-hydroxylation sites is 1. The number of piperidine rings is 1. The van der Waals surface area contributed by atoms with E-state index in [2.05, 4.69) is 30.4 Å². The number of hydrogen-bond acceptors (Lipinski definition) is 4. The van der Waals surface area contributed by atoms with Crippen LogP contribution >= 0.6 is 11.3 Å². The van der Waals surface area contributed by atoms with Gasteiger partial charge in [0.15, 0.2) is 0 Å². The van der Waals surface area contributed by atoms with Crippen molar-refractivity contribution in [3.05, 3.63) is 23.2 Å². The van der Waals surface area contributed by atoms with Crippen LogP contribution in [0, 0.1) is 5.92 Å². The summed E-state index contributed by atoms with van der Waals surface area (Å²) in [7, 11) is 0. The number of thiazole rings is 1. The number of rotatable bonds is 5. The zero-order chi connectivity index (χ0) is 13.8. The standard InChI is InChI=1S/C16H22N2OS/c1-2-4-15-18-16-13(5-3-6-14(16)20-15)19-11-12-7-9-17-10-8-12/h3,5-6,12,17H,2,4,7-11H2,1H3. The van der Waals surface area contributed by atoms with Crippen LogP contribution in [0.3, 0.4) is 0 Å². The Morgan fingerprint density at radius 2 is 2.20 bits per heavy atom. The molecule has 2 aromatic rings. The molecule has 1 saturated heterocycles. The molecule has 2 heterocycles. The first kappa shape index (κ1) is 13.8. The van der Waals surface area contributed by atoms with Crippen molar-refractivity contribution in [3.63, 3.8) is 0 Å². The zero-order valence-electron chi connectivity index (χ0n) is 12.0. The van der Waals surface area contributed by atoms with Crippen molar-refractivity contribution in [2.45, 2.75) is 32.6 Å². The van der Waals surface area contributed by atoms with E-state index in [1.54, 1.807) is 11.3 Å². The Hall–Kier alpha value is -1.13. The maximum atomic E-state index is 6.07. The van der Waals surface area contributed by atoms with Crippen molar-refractivity contribution >= 4 is 21.6 Å². The van der Waals surface area contributed by atoms with E-state index < -0.39 is 0 Å². The Kier molecular flexibility index (Phi) is 4.53. The van der Waals surface area contributed by atoms with E-state index in [0.717, 1.165) is 43.8 Å². The van der Waals surface area contributed by atoms with Crippen LogP contribution in [0.2, 0.25) is 0 Å². The van der Waals surface area contributed by atoms with Gasteiger partial charge in [-0.25, -0.2) is 4.98 Å². The predicted molar refractivity (Wildman–Crippen MR) is 84.7 cm³/mol. The summed E-state index contributed by atoms with van der Waals surface area (Å²) in [5, 5.41) is 4.62. The number of benzene rings is 1. The second kappa shape index (κ2) is 6.55. The first-order valence-corrected chi connectivity index (χ1v) is 8.40. The molecule has 1 fully saturated rings. The average Bonchev–Trinajstić information content (AvgIpc) is 2.89. The SMILES string of the molecule is CCCc1nc2c(OCC3CCNCC3)cccc2s1. The molecule has 0 aliphatic carbocycles. The first-order valence-electron chi connectivity index (χ1n) is 7.58. The van der Waals surface area contributed by atoms with E-state index in [1.165, 1.54) is 22.5 Å². The number of aromatic nitrogens is 1. The molecule has 0 unspecified atom stereocenters. The van der Waals surface area contributed by atoms with E-state index in [4.69, 9.17) is 9.72 Å². The summed E-state index contributed by atoms with van der Waals surface area (Å²) in [6.45, 7) is 5.26. The van der Waals surface area contributed by atoms with Crippen molar-refractivity contribution in [3.8, 4) is 5.75 Å². The molecule has 0 saturated carbocycles. The van der Waals surface area contributed by atoms with Crippen molar-refractivity contribution in [2.75, 3.05) is 19.7 Å². The maximum absolute atomic E-state index is 6.07. The molecule has 0 radical (unpaired) electrons. The topological polar surface area (TPSA) is 34.1 Å². The van der Waals surface area contributed by atoms with Crippen LogP contribution in [0.1, 0.15) is 31.2 Å². The minimum Gasteiger partial charge on any atom is -0.491 e. The largest absolute Gasteiger partial charge is 0.491 e. The summed E-state index contributed by atoms with van der Waals surface area (Å²) in [5.74, 6) is 1.64. The summed E-state index contributed by atoms with van der Waals surface area (Å²) in [5.41, 5.74) is 1.05. The minimum absolute atomic E-state index is 0.681. The highest BCUT2D eigenvalue weighted by atomic mass is 32.1. The van der Waals surface area contributed by atoms with Gasteiger partial charge in [0.2, 0.25) is 0 Å². The molecule has 1 aliphatic rings. The van der Waals surface area contributed by atoms with Gasteiger partial charge in [0.1, 0.15) is 11.3 Å². The zero-order valence-corrected chi connectivity index (χ0v) is 12.8. The van der Waals surface area contributed by atoms with Crippen LogP contribution in [-0.2, 0) is 6.42 Å². The molecule has 108 valence electrons. The van der Waals surface area contributed by atoms with Gasteiger partial charge in [-0.2, -0.15) is 0 Å². The van der Waals surface area contributed by atoms with Crippen molar-refractivity contribution < 1.29 is 4.74 Å². The summed E-state index contributed by atoms with van der Waals surface area (Å²) in [4.78, 5) is 4.75. The second-order valence-corrected chi connectivity index (χ2v) is 6.58. The third kappa shape index (κ3) is 3.13. The van der Waals surface area contributed by atoms with Crippen molar-refractivity contribution in [2.24, 2.45) is 5.92 Å². The van der Waals surface area contributed by atoms with Crippen LogP contribution in [-0.4, -0.2) is 24.7 Å². The Morgan fingerprint density at radius 3 is 3.00 bits per heavy atom. The molecule has 3 nitrogen and oxygen atoms in total. The predicted octanol–water partition coefficient (Wildman–Crippen LogP) is 3.63. The number of hydrogen-bond donors (Lipinski definition) is 1. The summed E-state index contributed by atoms with van der Waals surface area (Å²) >= 11 is 1.80. The Morgan fingerprint density at radius 1 is 1.35 bits per heavy atom. The molecule has 3 rings (SSSR count). The Bertz CT molecular complexity index is 561. The molecule has 0 atom stereocenters. The van der Waals surface area contributed by atoms with Crippen LogP contribution in [0.15, 0.2) is 18.2 Å². The normalized spacial score (nSPS) is 16.6. The summed E-state index contributed by atoms with van der Waals surface area (Å²) < 4.78 is 7.31. The van der Waals surface area contributed by atoms with Gasteiger partial charge in [-0.1, -0.05) is 13.0 Å². The molecule has 1 aromatic heterocycles. The summed E-state index contributed by atoms with van der Waals surface area (Å²) in [6.07, 6.45) is 4.64. The molecule has 1 aromatic carbocycles. The van der Waals surface area contributed by atoms with Crippen LogP contribution in [0.25, 0.3) is 10.2 Å². The van der Waals surface area contributed by atoms with E-state index in [0.29, 0.717) is 5.92 Å². The summed E-state index contributed by atoms with van der Waals surface area (Å²) in [6, 6.07) is 6.27. The smallest absolute Gasteiger partial charge is 0.146 e. The number of fused-ring (bicyclic) bond motifs is 1. The van der Waals surface area contributed by atoms with E-state index >= 15 is 0 Å². The first-order chi connectivity index (χ1) is 9.86. The lowest BCUT2D eigenvalue weighted by Gasteiger charge is -2.22. The van der Waals surface area contributed by atoms with E-state index in [-0.39, 0.29) is 0 Å². The molecule has 1 N–H and O–H groups in total. The molecule has 1 aliphatic heterocycles. The average molecular weight is 290 g/mol. The van der Waals surface area contributed by atoms with E-state index in [1.807, 2.05) is 0 Å². The lowest BCUT2D eigenvalue weighted by Crippen LogP contribution is -2.30. The number of aryl methyl sites for hydroxylation is 1. The number of ether oxygens (including phenoxy) is 1. The quantitative estimate of drug-likeness (QED) is 0.913. The van der Waals surface area contributed by atoms with Gasteiger partial charge < -0.3 is 10.1 Å². The van der Waals surface area contributed by atoms with Gasteiger partial charge in [0.25, 0.3) is 0 Å². The fourth-order valence-corrected chi connectivity index (χ4v) is 3.75. The molecule has 0 amide bonds. The van der Waals surface area contributed by atoms with Crippen LogP contribution in [0.4, 0.5) is 0 Å². The van der Waals surface area contributed by atoms with Crippen LogP contribution < -0.4 is 10.1 Å². The highest BCUT2D eigenvalue weighted by Crippen LogP contribution is 2.30. The maximum Gasteiger partial charge on any atom is 0.146 e. The molecule has 4 heteroatoms. The second-order valence-electron chi connectivity index (χ2n) is 5.46. The molecule has 0 spiro atoms. The lowest BCUT2D eigenvalue weighted by molar-refractivity contribution is 0.217. The molecule has 20 heavy (non-hydrogen) atoms. The monoisotopic (exact) mass is 290 g/mol. The van der Waals surface area contributed by atoms with Gasteiger partial charge >= 0.3 is 0 Å².